The zero-order chi connectivity index (χ0) is 30.3. The Labute approximate surface area is 267 Å². The molecule has 0 amide bonds. The van der Waals surface area contributed by atoms with E-state index in [9.17, 15) is 4.79 Å². The number of fused-ring (bicyclic) bond motifs is 4. The molecule has 5 rings (SSSR count). The van der Waals surface area contributed by atoms with Crippen molar-refractivity contribution in [2.24, 2.45) is 39.4 Å². The van der Waals surface area contributed by atoms with Crippen LogP contribution in [0.4, 0.5) is 0 Å². The molecule has 1 saturated heterocycles. The maximum Gasteiger partial charge on any atom is 0.306 e. The summed E-state index contributed by atoms with van der Waals surface area (Å²) in [7, 11) is 4.06. The summed E-state index contributed by atoms with van der Waals surface area (Å²) >= 11 is 0. The number of ether oxygens (including phenoxy) is 1. The smallest absolute Gasteiger partial charge is 0.306 e. The monoisotopic (exact) mass is 614 g/mol. The van der Waals surface area contributed by atoms with Gasteiger partial charge in [0.1, 0.15) is 6.10 Å². The SMILES string of the molecule is CC(C)=CCC[C@@H](C)[C@H]1CC[C@@]2(C)C3=C(CC[C@]12C)[C@@]1(C)CC[C@H](OC(=O)CCCC[C@@H]2CCSS2)C(C)(C)[C@@H]1CC3. The molecular weight excluding hydrogens is 553 g/mol. The third kappa shape index (κ3) is 5.96. The van der Waals surface area contributed by atoms with Crippen LogP contribution in [0.2, 0.25) is 0 Å². The van der Waals surface area contributed by atoms with Gasteiger partial charge in [0.2, 0.25) is 0 Å². The van der Waals surface area contributed by atoms with Crippen molar-refractivity contribution in [3.63, 3.8) is 0 Å². The summed E-state index contributed by atoms with van der Waals surface area (Å²) < 4.78 is 6.33. The van der Waals surface area contributed by atoms with Gasteiger partial charge < -0.3 is 4.74 Å². The summed E-state index contributed by atoms with van der Waals surface area (Å²) in [6, 6.07) is 0. The topological polar surface area (TPSA) is 26.3 Å². The minimum absolute atomic E-state index is 0.0260. The highest BCUT2D eigenvalue weighted by Crippen LogP contribution is 2.72. The Hall–Kier alpha value is -0.350. The zero-order valence-corrected chi connectivity index (χ0v) is 30.0. The Balaban J connectivity index is 1.25. The number of esters is 1. The quantitative estimate of drug-likeness (QED) is 0.106. The molecule has 2 nitrogen and oxygen atoms in total. The van der Waals surface area contributed by atoms with E-state index >= 15 is 0 Å². The molecule has 0 spiro atoms. The minimum atomic E-state index is 0.0260. The average Bonchev–Trinajstić information content (AvgIpc) is 3.54. The third-order valence-corrected chi connectivity index (χ3v) is 16.8. The van der Waals surface area contributed by atoms with Crippen molar-refractivity contribution < 1.29 is 9.53 Å². The second kappa shape index (κ2) is 12.8. The first-order valence-electron chi connectivity index (χ1n) is 17.7. The van der Waals surface area contributed by atoms with E-state index in [4.69, 9.17) is 4.74 Å². The number of carbonyl (C=O) groups is 1. The molecule has 2 saturated carbocycles. The largest absolute Gasteiger partial charge is 0.462 e. The zero-order valence-electron chi connectivity index (χ0n) is 28.4. The third-order valence-electron chi connectivity index (χ3n) is 13.8. The molecule has 0 aromatic heterocycles. The fraction of sp³-hybridized carbons (Fsp3) is 0.868. The molecule has 42 heavy (non-hydrogen) atoms. The molecule has 0 aromatic rings. The Morgan fingerprint density at radius 2 is 1.76 bits per heavy atom. The van der Waals surface area contributed by atoms with Crippen LogP contribution >= 0.6 is 21.6 Å². The minimum Gasteiger partial charge on any atom is -0.462 e. The van der Waals surface area contributed by atoms with E-state index in [-0.39, 0.29) is 22.9 Å². The number of rotatable bonds is 10. The van der Waals surface area contributed by atoms with Crippen LogP contribution < -0.4 is 0 Å². The van der Waals surface area contributed by atoms with E-state index in [1.54, 1.807) is 0 Å². The number of allylic oxidation sites excluding steroid dienone is 4. The molecule has 4 heteroatoms. The first kappa shape index (κ1) is 33.0. The Kier molecular flexibility index (Phi) is 10.1. The van der Waals surface area contributed by atoms with Gasteiger partial charge >= 0.3 is 5.97 Å². The molecule has 1 aliphatic heterocycles. The highest BCUT2D eigenvalue weighted by molar-refractivity contribution is 8.77. The van der Waals surface area contributed by atoms with Crippen LogP contribution in [0.25, 0.3) is 0 Å². The van der Waals surface area contributed by atoms with Gasteiger partial charge in [-0.3, -0.25) is 4.79 Å². The molecule has 0 bridgehead atoms. The first-order chi connectivity index (χ1) is 19.8. The van der Waals surface area contributed by atoms with Crippen molar-refractivity contribution in [2.75, 3.05) is 5.75 Å². The Morgan fingerprint density at radius 1 is 0.976 bits per heavy atom. The number of carbonyl (C=O) groups excluding carboxylic acids is 1. The lowest BCUT2D eigenvalue weighted by Gasteiger charge is -2.62. The van der Waals surface area contributed by atoms with Crippen molar-refractivity contribution in [3.05, 3.63) is 22.8 Å². The van der Waals surface area contributed by atoms with Gasteiger partial charge in [-0.15, -0.1) is 0 Å². The van der Waals surface area contributed by atoms with Crippen LogP contribution in [0.5, 0.6) is 0 Å². The van der Waals surface area contributed by atoms with Crippen LogP contribution in [0.15, 0.2) is 22.8 Å². The predicted molar refractivity (Wildman–Crippen MR) is 184 cm³/mol. The summed E-state index contributed by atoms with van der Waals surface area (Å²) in [5.74, 6) is 3.58. The van der Waals surface area contributed by atoms with Crippen molar-refractivity contribution in [1.82, 2.24) is 0 Å². The molecular formula is C38H62O2S2. The molecule has 3 fully saturated rings. The van der Waals surface area contributed by atoms with Crippen molar-refractivity contribution in [3.8, 4) is 0 Å². The van der Waals surface area contributed by atoms with Gasteiger partial charge in [-0.25, -0.2) is 0 Å². The lowest BCUT2D eigenvalue weighted by atomic mass is 9.43. The molecule has 0 N–H and O–H groups in total. The highest BCUT2D eigenvalue weighted by atomic mass is 33.1. The van der Waals surface area contributed by atoms with Crippen LogP contribution in [0.3, 0.4) is 0 Å². The molecule has 1 heterocycles. The molecule has 0 radical (unpaired) electrons. The van der Waals surface area contributed by atoms with Crippen LogP contribution in [0.1, 0.15) is 152 Å². The fourth-order valence-electron chi connectivity index (χ4n) is 11.1. The molecule has 0 unspecified atom stereocenters. The molecule has 238 valence electrons. The van der Waals surface area contributed by atoms with Crippen LogP contribution in [0, 0.1) is 39.4 Å². The number of unbranched alkanes of at least 4 members (excludes halogenated alkanes) is 1. The number of hydrogen-bond acceptors (Lipinski definition) is 4. The molecule has 5 aliphatic rings. The van der Waals surface area contributed by atoms with Gasteiger partial charge in [0.25, 0.3) is 0 Å². The maximum atomic E-state index is 13.0. The van der Waals surface area contributed by atoms with Gasteiger partial charge in [0, 0.05) is 22.8 Å². The highest BCUT2D eigenvalue weighted by Gasteiger charge is 2.63. The summed E-state index contributed by atoms with van der Waals surface area (Å²) in [4.78, 5) is 13.0. The lowest BCUT2D eigenvalue weighted by Crippen LogP contribution is -2.55. The van der Waals surface area contributed by atoms with Crippen LogP contribution in [-0.4, -0.2) is 23.1 Å². The van der Waals surface area contributed by atoms with E-state index in [1.807, 2.05) is 21.9 Å². The van der Waals surface area contributed by atoms with Gasteiger partial charge in [-0.2, -0.15) is 0 Å². The van der Waals surface area contributed by atoms with E-state index in [0.717, 1.165) is 36.3 Å². The number of hydrogen-bond donors (Lipinski definition) is 0. The predicted octanol–water partition coefficient (Wildman–Crippen LogP) is 11.7. The molecule has 0 aromatic carbocycles. The second-order valence-corrected chi connectivity index (χ2v) is 19.4. The summed E-state index contributed by atoms with van der Waals surface area (Å²) in [5.41, 5.74) is 6.25. The Bertz CT molecular complexity index is 1050. The summed E-state index contributed by atoms with van der Waals surface area (Å²) in [6.45, 7) is 19.9. The van der Waals surface area contributed by atoms with E-state index in [1.165, 1.54) is 82.0 Å². The fourth-order valence-corrected chi connectivity index (χ4v) is 14.1. The van der Waals surface area contributed by atoms with E-state index in [0.29, 0.717) is 23.2 Å². The van der Waals surface area contributed by atoms with E-state index in [2.05, 4.69) is 72.3 Å². The van der Waals surface area contributed by atoms with Crippen LogP contribution in [-0.2, 0) is 9.53 Å². The van der Waals surface area contributed by atoms with Gasteiger partial charge in [-0.1, -0.05) is 92.3 Å². The lowest BCUT2D eigenvalue weighted by molar-refractivity contribution is -0.170. The van der Waals surface area contributed by atoms with Crippen molar-refractivity contribution in [1.29, 1.82) is 0 Å². The van der Waals surface area contributed by atoms with Gasteiger partial charge in [0.15, 0.2) is 0 Å². The maximum absolute atomic E-state index is 13.0. The van der Waals surface area contributed by atoms with Gasteiger partial charge in [-0.05, 0) is 131 Å². The van der Waals surface area contributed by atoms with Gasteiger partial charge in [0.05, 0.1) is 0 Å². The summed E-state index contributed by atoms with van der Waals surface area (Å²) in [5, 5.41) is 0.803. The average molecular weight is 615 g/mol. The Morgan fingerprint density at radius 3 is 2.48 bits per heavy atom. The normalized spacial score (nSPS) is 39.7. The molecule has 8 atom stereocenters. The summed E-state index contributed by atoms with van der Waals surface area (Å²) in [6.07, 6.45) is 20.6. The standard InChI is InChI=1S/C38H62O2S2/c1-26(2)12-11-13-27(3)29-18-23-38(8)31-16-17-32-35(4,5)33(20-22-36(32,6)30(31)19-24-37(29,38)7)40-34(39)15-10-9-14-28-21-25-41-42-28/h12,27-29,32-33H,9-11,13-25H2,1-8H3/t27-,28-,29-,32+,33+,36-,37-,38+/m1/s1. The van der Waals surface area contributed by atoms with E-state index < -0.39 is 0 Å². The first-order valence-corrected chi connectivity index (χ1v) is 20.1. The van der Waals surface area contributed by atoms with Crippen molar-refractivity contribution >= 4 is 27.6 Å². The second-order valence-electron chi connectivity index (χ2n) is 16.6. The molecule has 4 aliphatic carbocycles. The van der Waals surface area contributed by atoms with Crippen molar-refractivity contribution in [2.45, 2.75) is 163 Å².